The minimum absolute atomic E-state index is 0.0164. The van der Waals surface area contributed by atoms with E-state index in [1.807, 2.05) is 11.8 Å². The summed E-state index contributed by atoms with van der Waals surface area (Å²) in [5, 5.41) is 16.9. The van der Waals surface area contributed by atoms with Gasteiger partial charge in [-0.2, -0.15) is 26.3 Å². The van der Waals surface area contributed by atoms with Crippen molar-refractivity contribution >= 4 is 28.4 Å². The van der Waals surface area contributed by atoms with Crippen molar-refractivity contribution in [3.05, 3.63) is 81.9 Å². The lowest BCUT2D eigenvalue weighted by Gasteiger charge is -2.36. The molecule has 16 heteroatoms. The van der Waals surface area contributed by atoms with Crippen LogP contribution in [0.15, 0.2) is 47.6 Å². The number of carbonyl (C=O) groups is 1. The maximum absolute atomic E-state index is 14.0. The van der Waals surface area contributed by atoms with Gasteiger partial charge in [0.25, 0.3) is 0 Å². The van der Waals surface area contributed by atoms with Crippen LogP contribution < -0.4 is 4.90 Å². The predicted molar refractivity (Wildman–Crippen MR) is 159 cm³/mol. The number of hydrogen-bond acceptors (Lipinski definition) is 6. The second kappa shape index (κ2) is 12.2. The number of aromatic nitrogens is 4. The van der Waals surface area contributed by atoms with Gasteiger partial charge in [-0.1, -0.05) is 18.2 Å². The molecule has 0 amide bonds. The maximum Gasteiger partial charge on any atom is 0.452 e. The average Bonchev–Trinajstić information content (AvgIpc) is 3.42. The van der Waals surface area contributed by atoms with Gasteiger partial charge in [-0.05, 0) is 73.1 Å². The van der Waals surface area contributed by atoms with E-state index in [9.17, 15) is 40.5 Å². The number of anilines is 1. The van der Waals surface area contributed by atoms with Gasteiger partial charge in [-0.15, -0.1) is 10.2 Å². The number of aliphatic carboxylic acids is 1. The molecule has 1 N–H and O–H groups in total. The molecule has 1 saturated heterocycles. The molecule has 4 aromatic rings. The van der Waals surface area contributed by atoms with Crippen LogP contribution in [0, 0.1) is 13.8 Å². The molecule has 0 radical (unpaired) electrons. The quantitative estimate of drug-likeness (QED) is 0.239. The number of benzene rings is 1. The highest BCUT2D eigenvalue weighted by Crippen LogP contribution is 2.39. The molecule has 2 unspecified atom stereocenters. The fourth-order valence-corrected chi connectivity index (χ4v) is 7.89. The van der Waals surface area contributed by atoms with E-state index in [4.69, 9.17) is 0 Å². The Balaban J connectivity index is 1.39. The molecule has 3 aromatic heterocycles. The first-order valence-electron chi connectivity index (χ1n) is 14.9. The molecule has 9 nitrogen and oxygen atoms in total. The molecule has 1 aromatic carbocycles. The lowest BCUT2D eigenvalue weighted by molar-refractivity contribution is -0.145. The van der Waals surface area contributed by atoms with Gasteiger partial charge in [0, 0.05) is 44.0 Å². The monoisotopic (exact) mass is 680 g/mol. The third-order valence-corrected chi connectivity index (χ3v) is 10.3. The molecule has 6 rings (SSSR count). The summed E-state index contributed by atoms with van der Waals surface area (Å²) in [5.74, 6) is -2.84. The SMILES string of the molecule is Cc1ccc(C(CC(=O)O)c2ccn3c(C(F)(F)F)nnc3c2C)cc1CN1C[C@@H]2CCCCN2c2ncc(C(F)(F)F)cc2S1=O. The van der Waals surface area contributed by atoms with Crippen LogP contribution in [0.4, 0.5) is 32.2 Å². The summed E-state index contributed by atoms with van der Waals surface area (Å²) in [7, 11) is -2.00. The molecule has 5 heterocycles. The fourth-order valence-electron chi connectivity index (χ4n) is 6.49. The third kappa shape index (κ3) is 6.32. The first kappa shape index (κ1) is 32.9. The molecule has 0 saturated carbocycles. The summed E-state index contributed by atoms with van der Waals surface area (Å²) in [6.45, 7) is 4.34. The number of alkyl halides is 6. The van der Waals surface area contributed by atoms with Crippen molar-refractivity contribution in [1.82, 2.24) is 23.9 Å². The number of carboxylic acid groups (broad SMARTS) is 1. The van der Waals surface area contributed by atoms with Crippen LogP contribution in [0.25, 0.3) is 5.65 Å². The van der Waals surface area contributed by atoms with Gasteiger partial charge >= 0.3 is 18.3 Å². The topological polar surface area (TPSA) is 104 Å². The van der Waals surface area contributed by atoms with Gasteiger partial charge < -0.3 is 10.0 Å². The molecule has 2 aliphatic rings. The highest BCUT2D eigenvalue weighted by atomic mass is 32.2. The fraction of sp³-hybridized carbons (Fsp3) is 0.419. The number of fused-ring (bicyclic) bond motifs is 4. The van der Waals surface area contributed by atoms with E-state index in [0.717, 1.165) is 41.5 Å². The van der Waals surface area contributed by atoms with Crippen molar-refractivity contribution in [1.29, 1.82) is 0 Å². The minimum atomic E-state index is -4.74. The van der Waals surface area contributed by atoms with Crippen LogP contribution in [0.5, 0.6) is 0 Å². The molecule has 0 aliphatic carbocycles. The Morgan fingerprint density at radius 2 is 1.83 bits per heavy atom. The largest absolute Gasteiger partial charge is 0.481 e. The maximum atomic E-state index is 14.0. The Labute approximate surface area is 267 Å². The Morgan fingerprint density at radius 1 is 1.06 bits per heavy atom. The molecular weight excluding hydrogens is 650 g/mol. The number of hydrogen-bond donors (Lipinski definition) is 1. The molecular formula is C31H30F6N6O3S. The summed E-state index contributed by atoms with van der Waals surface area (Å²) in [5.41, 5.74) is 1.75. The number of piperidine rings is 1. The first-order chi connectivity index (χ1) is 22.1. The van der Waals surface area contributed by atoms with Gasteiger partial charge in [-0.3, -0.25) is 9.20 Å². The number of halogens is 6. The number of aryl methyl sites for hydroxylation is 2. The summed E-state index contributed by atoms with van der Waals surface area (Å²) < 4.78 is 97.9. The normalized spacial score (nSPS) is 19.7. The van der Waals surface area contributed by atoms with E-state index >= 15 is 0 Å². The number of pyridine rings is 2. The summed E-state index contributed by atoms with van der Waals surface area (Å²) in [4.78, 5) is 18.1. The van der Waals surface area contributed by atoms with Crippen molar-refractivity contribution in [3.63, 3.8) is 0 Å². The van der Waals surface area contributed by atoms with Crippen molar-refractivity contribution in [2.75, 3.05) is 18.0 Å². The van der Waals surface area contributed by atoms with Crippen LogP contribution in [-0.2, 0) is 34.7 Å². The Morgan fingerprint density at radius 3 is 2.53 bits per heavy atom. The average molecular weight is 681 g/mol. The van der Waals surface area contributed by atoms with Gasteiger partial charge in [0.15, 0.2) is 5.65 Å². The zero-order chi connectivity index (χ0) is 33.8. The summed E-state index contributed by atoms with van der Waals surface area (Å²) in [6.07, 6.45) is -5.37. The zero-order valence-corrected chi connectivity index (χ0v) is 26.1. The van der Waals surface area contributed by atoms with E-state index in [2.05, 4.69) is 15.2 Å². The standard InChI is InChI=1S/C31H30F6N6O3S/c1-17-6-7-19(24(13-26(44)45)23-8-10-43-27(18(23)2)39-40-29(43)31(35,36)37)11-20(17)15-41-16-22-5-3-4-9-42(22)28-25(47(41)46)12-21(14-38-28)30(32,33)34/h6-8,10-12,14,22,24H,3-5,9,13,15-16H2,1-2H3,(H,44,45)/t22-,24?,47?/m0/s1. The van der Waals surface area contributed by atoms with E-state index < -0.39 is 46.6 Å². The lowest BCUT2D eigenvalue weighted by Crippen LogP contribution is -2.45. The van der Waals surface area contributed by atoms with Gasteiger partial charge in [-0.25, -0.2) is 13.5 Å². The van der Waals surface area contributed by atoms with Crippen molar-refractivity contribution < 1.29 is 40.5 Å². The second-order valence-corrected chi connectivity index (χ2v) is 13.4. The Bertz CT molecular complexity index is 1880. The van der Waals surface area contributed by atoms with Crippen molar-refractivity contribution in [3.8, 4) is 0 Å². The highest BCUT2D eigenvalue weighted by Gasteiger charge is 2.39. The van der Waals surface area contributed by atoms with E-state index in [1.54, 1.807) is 29.4 Å². The van der Waals surface area contributed by atoms with Gasteiger partial charge in [0.1, 0.15) is 16.8 Å². The zero-order valence-electron chi connectivity index (χ0n) is 25.3. The van der Waals surface area contributed by atoms with E-state index in [-0.39, 0.29) is 35.4 Å². The molecule has 1 fully saturated rings. The van der Waals surface area contributed by atoms with Crippen LogP contribution in [0.1, 0.15) is 70.8 Å². The number of carboxylic acids is 1. The number of rotatable bonds is 6. The van der Waals surface area contributed by atoms with E-state index in [1.165, 1.54) is 12.3 Å². The summed E-state index contributed by atoms with van der Waals surface area (Å²) >= 11 is 0. The highest BCUT2D eigenvalue weighted by molar-refractivity contribution is 7.82. The minimum Gasteiger partial charge on any atom is -0.481 e. The van der Waals surface area contributed by atoms with Crippen LogP contribution in [0.2, 0.25) is 0 Å². The number of nitrogens with zero attached hydrogens (tertiary/aromatic N) is 6. The molecule has 47 heavy (non-hydrogen) atoms. The molecule has 0 spiro atoms. The first-order valence-corrected chi connectivity index (χ1v) is 16.0. The third-order valence-electron chi connectivity index (χ3n) is 8.89. The second-order valence-electron chi connectivity index (χ2n) is 11.9. The lowest BCUT2D eigenvalue weighted by atomic mass is 9.85. The van der Waals surface area contributed by atoms with Gasteiger partial charge in [0.2, 0.25) is 5.82 Å². The van der Waals surface area contributed by atoms with Crippen molar-refractivity contribution in [2.45, 2.75) is 75.3 Å². The molecule has 3 atom stereocenters. The van der Waals surface area contributed by atoms with Gasteiger partial charge in [0.05, 0.1) is 16.9 Å². The van der Waals surface area contributed by atoms with Crippen LogP contribution in [-0.4, -0.2) is 58.3 Å². The van der Waals surface area contributed by atoms with Crippen molar-refractivity contribution in [2.24, 2.45) is 0 Å². The summed E-state index contributed by atoms with van der Waals surface area (Å²) in [6, 6.07) is 7.49. The molecule has 0 bridgehead atoms. The Hall–Kier alpha value is -4.05. The van der Waals surface area contributed by atoms with Crippen LogP contribution >= 0.6 is 0 Å². The molecule has 250 valence electrons. The van der Waals surface area contributed by atoms with E-state index in [0.29, 0.717) is 35.3 Å². The molecule has 2 aliphatic heterocycles. The predicted octanol–water partition coefficient (Wildman–Crippen LogP) is 6.28. The van der Waals surface area contributed by atoms with Crippen LogP contribution in [0.3, 0.4) is 0 Å². The Kier molecular flexibility index (Phi) is 8.53. The smallest absolute Gasteiger partial charge is 0.452 e.